The van der Waals surface area contributed by atoms with Crippen LogP contribution in [0.4, 0.5) is 0 Å². The van der Waals surface area contributed by atoms with E-state index in [0.717, 1.165) is 5.56 Å². The number of aromatic nitrogens is 2. The first kappa shape index (κ1) is 16.2. The van der Waals surface area contributed by atoms with Gasteiger partial charge < -0.3 is 18.8 Å². The van der Waals surface area contributed by atoms with Gasteiger partial charge in [0, 0.05) is 0 Å². The van der Waals surface area contributed by atoms with Crippen LogP contribution in [0.3, 0.4) is 0 Å². The van der Waals surface area contributed by atoms with Gasteiger partial charge in [-0.25, -0.2) is 14.6 Å². The van der Waals surface area contributed by atoms with E-state index in [1.807, 2.05) is 37.3 Å². The lowest BCUT2D eigenvalue weighted by molar-refractivity contribution is -0.209. The highest BCUT2D eigenvalue weighted by atomic mass is 16.7. The van der Waals surface area contributed by atoms with Crippen molar-refractivity contribution in [2.75, 3.05) is 20.3 Å². The van der Waals surface area contributed by atoms with E-state index in [0.29, 0.717) is 0 Å². The molecule has 2 heterocycles. The van der Waals surface area contributed by atoms with Crippen molar-refractivity contribution in [3.05, 3.63) is 54.1 Å². The topological polar surface area (TPSA) is 79.7 Å². The second kappa shape index (κ2) is 6.45. The molecule has 7 nitrogen and oxygen atoms in total. The molecule has 0 spiro atoms. The lowest BCUT2D eigenvalue weighted by atomic mass is 10.0. The van der Waals surface area contributed by atoms with Crippen LogP contribution in [0, 0.1) is 0 Å². The van der Waals surface area contributed by atoms with Crippen LogP contribution in [-0.2, 0) is 19.0 Å². The summed E-state index contributed by atoms with van der Waals surface area (Å²) in [5.41, 5.74) is -0.0718. The smallest absolute Gasteiger partial charge is 0.357 e. The minimum atomic E-state index is -1.36. The van der Waals surface area contributed by atoms with Crippen molar-refractivity contribution in [1.82, 2.24) is 9.55 Å². The zero-order valence-electron chi connectivity index (χ0n) is 13.5. The first-order valence-corrected chi connectivity index (χ1v) is 7.54. The van der Waals surface area contributed by atoms with Gasteiger partial charge >= 0.3 is 11.9 Å². The number of imidazole rings is 1. The highest BCUT2D eigenvalue weighted by molar-refractivity contribution is 5.91. The molecule has 1 saturated heterocycles. The highest BCUT2D eigenvalue weighted by Crippen LogP contribution is 2.26. The Morgan fingerprint density at radius 3 is 2.58 bits per heavy atom. The molecule has 1 atom stereocenters. The standard InChI is InChI=1S/C17H18N2O5/c1-12(13-6-4-3-5-7-13)19-11-18-8-14(19)15(20)24-17(9-23-10-17)16(21)22-2/h3-8,11-12H,9-10H2,1-2H3. The van der Waals surface area contributed by atoms with E-state index in [9.17, 15) is 9.59 Å². The van der Waals surface area contributed by atoms with Crippen LogP contribution in [0.1, 0.15) is 29.0 Å². The molecule has 1 aliphatic rings. The number of esters is 2. The Bertz CT molecular complexity index is 736. The zero-order valence-corrected chi connectivity index (χ0v) is 13.5. The minimum Gasteiger partial charge on any atom is -0.466 e. The fourth-order valence-electron chi connectivity index (χ4n) is 2.59. The molecule has 1 aromatic heterocycles. The van der Waals surface area contributed by atoms with E-state index in [1.54, 1.807) is 10.9 Å². The monoisotopic (exact) mass is 330 g/mol. The summed E-state index contributed by atoms with van der Waals surface area (Å²) in [4.78, 5) is 28.4. The minimum absolute atomic E-state index is 0.00616. The second-order valence-electron chi connectivity index (χ2n) is 5.64. The molecule has 1 unspecified atom stereocenters. The van der Waals surface area contributed by atoms with Gasteiger partial charge in [0.1, 0.15) is 18.9 Å². The molecule has 0 radical (unpaired) electrons. The Balaban J connectivity index is 1.82. The van der Waals surface area contributed by atoms with E-state index >= 15 is 0 Å². The van der Waals surface area contributed by atoms with Gasteiger partial charge in [0.05, 0.1) is 25.7 Å². The Kier molecular flexibility index (Phi) is 4.35. The molecule has 0 bridgehead atoms. The summed E-state index contributed by atoms with van der Waals surface area (Å²) >= 11 is 0. The van der Waals surface area contributed by atoms with E-state index in [-0.39, 0.29) is 24.9 Å². The SMILES string of the molecule is COC(=O)C1(OC(=O)c2cncn2C(C)c2ccccc2)COC1. The molecule has 126 valence electrons. The fourth-order valence-corrected chi connectivity index (χ4v) is 2.59. The average molecular weight is 330 g/mol. The van der Waals surface area contributed by atoms with Crippen molar-refractivity contribution in [3.63, 3.8) is 0 Å². The molecule has 3 rings (SSSR count). The van der Waals surface area contributed by atoms with Crippen LogP contribution in [0.2, 0.25) is 0 Å². The number of ether oxygens (including phenoxy) is 3. The summed E-state index contributed by atoms with van der Waals surface area (Å²) in [5, 5.41) is 0. The molecule has 0 saturated carbocycles. The number of carbonyl (C=O) groups is 2. The summed E-state index contributed by atoms with van der Waals surface area (Å²) in [6.45, 7) is 1.94. The van der Waals surface area contributed by atoms with Crippen molar-refractivity contribution in [1.29, 1.82) is 0 Å². The number of hydrogen-bond donors (Lipinski definition) is 0. The number of rotatable bonds is 5. The second-order valence-corrected chi connectivity index (χ2v) is 5.64. The number of benzene rings is 1. The first-order chi connectivity index (χ1) is 11.6. The van der Waals surface area contributed by atoms with Gasteiger partial charge in [-0.2, -0.15) is 0 Å². The largest absolute Gasteiger partial charge is 0.466 e. The van der Waals surface area contributed by atoms with E-state index in [1.165, 1.54) is 13.3 Å². The third kappa shape index (κ3) is 2.78. The van der Waals surface area contributed by atoms with Gasteiger partial charge in [0.2, 0.25) is 0 Å². The van der Waals surface area contributed by atoms with Gasteiger partial charge in [-0.05, 0) is 12.5 Å². The predicted octanol–water partition coefficient (Wildman–Crippen LogP) is 1.59. The summed E-state index contributed by atoms with van der Waals surface area (Å²) < 4.78 is 16.8. The molecule has 24 heavy (non-hydrogen) atoms. The average Bonchev–Trinajstić information content (AvgIpc) is 3.07. The maximum absolute atomic E-state index is 12.5. The van der Waals surface area contributed by atoms with Crippen molar-refractivity contribution in [3.8, 4) is 0 Å². The Morgan fingerprint density at radius 2 is 2.00 bits per heavy atom. The van der Waals surface area contributed by atoms with Crippen LogP contribution < -0.4 is 0 Å². The Morgan fingerprint density at radius 1 is 1.29 bits per heavy atom. The quantitative estimate of drug-likeness (QED) is 0.775. The molecule has 0 amide bonds. The van der Waals surface area contributed by atoms with Gasteiger partial charge in [-0.1, -0.05) is 30.3 Å². The van der Waals surface area contributed by atoms with E-state index < -0.39 is 17.5 Å². The van der Waals surface area contributed by atoms with Crippen LogP contribution in [-0.4, -0.2) is 47.4 Å². The summed E-state index contributed by atoms with van der Waals surface area (Å²) in [6, 6.07) is 9.61. The predicted molar refractivity (Wildman–Crippen MR) is 83.5 cm³/mol. The summed E-state index contributed by atoms with van der Waals surface area (Å²) in [7, 11) is 1.25. The maximum atomic E-state index is 12.5. The van der Waals surface area contributed by atoms with Gasteiger partial charge in [0.25, 0.3) is 5.60 Å². The molecule has 1 aliphatic heterocycles. The van der Waals surface area contributed by atoms with Gasteiger partial charge in [-0.3, -0.25) is 0 Å². The van der Waals surface area contributed by atoms with Crippen molar-refractivity contribution in [2.45, 2.75) is 18.6 Å². The van der Waals surface area contributed by atoms with Crippen LogP contribution >= 0.6 is 0 Å². The molecule has 0 aliphatic carbocycles. The highest BCUT2D eigenvalue weighted by Gasteiger charge is 2.51. The number of carbonyl (C=O) groups excluding carboxylic acids is 2. The Hall–Kier alpha value is -2.67. The number of hydrogen-bond acceptors (Lipinski definition) is 6. The normalized spacial score (nSPS) is 16.8. The molecular weight excluding hydrogens is 312 g/mol. The lowest BCUT2D eigenvalue weighted by Gasteiger charge is -2.37. The van der Waals surface area contributed by atoms with Crippen molar-refractivity contribution < 1.29 is 23.8 Å². The Labute approximate surface area is 139 Å². The first-order valence-electron chi connectivity index (χ1n) is 7.54. The van der Waals surface area contributed by atoms with Crippen molar-refractivity contribution in [2.24, 2.45) is 0 Å². The summed E-state index contributed by atoms with van der Waals surface area (Å²) in [5.74, 6) is -1.26. The third-order valence-electron chi connectivity index (χ3n) is 4.09. The van der Waals surface area contributed by atoms with Gasteiger partial charge in [-0.15, -0.1) is 0 Å². The fraction of sp³-hybridized carbons (Fsp3) is 0.353. The maximum Gasteiger partial charge on any atom is 0.357 e. The molecule has 1 aromatic carbocycles. The van der Waals surface area contributed by atoms with Crippen LogP contribution in [0.15, 0.2) is 42.9 Å². The zero-order chi connectivity index (χ0) is 17.2. The van der Waals surface area contributed by atoms with Gasteiger partial charge in [0.15, 0.2) is 0 Å². The number of nitrogens with zero attached hydrogens (tertiary/aromatic N) is 2. The van der Waals surface area contributed by atoms with Crippen LogP contribution in [0.25, 0.3) is 0 Å². The summed E-state index contributed by atoms with van der Waals surface area (Å²) in [6.07, 6.45) is 2.99. The molecular formula is C17H18N2O5. The third-order valence-corrected chi connectivity index (χ3v) is 4.09. The molecule has 1 fully saturated rings. The lowest BCUT2D eigenvalue weighted by Crippen LogP contribution is -2.59. The molecule has 7 heteroatoms. The van der Waals surface area contributed by atoms with Crippen molar-refractivity contribution >= 4 is 11.9 Å². The molecule has 0 N–H and O–H groups in total. The van der Waals surface area contributed by atoms with E-state index in [2.05, 4.69) is 4.98 Å². The number of methoxy groups -OCH3 is 1. The van der Waals surface area contributed by atoms with Crippen LogP contribution in [0.5, 0.6) is 0 Å². The molecule has 2 aromatic rings. The van der Waals surface area contributed by atoms with E-state index in [4.69, 9.17) is 14.2 Å².